The molecule has 4 heteroatoms. The Labute approximate surface area is 97.5 Å². The molecule has 0 radical (unpaired) electrons. The number of fused-ring (bicyclic) bond motifs is 1. The standard InChI is InChI=1S/C13H9N3O/c17-13(10-6-2-1-3-7-10)16-14-11-8-4-5-9-12(11)15-16/h1-9H. The number of hydrogen-bond donors (Lipinski definition) is 0. The van der Waals surface area contributed by atoms with Crippen molar-refractivity contribution in [1.29, 1.82) is 0 Å². The van der Waals surface area contributed by atoms with Crippen molar-refractivity contribution in [2.45, 2.75) is 0 Å². The minimum absolute atomic E-state index is 0.221. The van der Waals surface area contributed by atoms with Crippen LogP contribution in [0.15, 0.2) is 54.6 Å². The molecule has 0 amide bonds. The van der Waals surface area contributed by atoms with Gasteiger partial charge in [-0.05, 0) is 24.3 Å². The average molecular weight is 223 g/mol. The van der Waals surface area contributed by atoms with Crippen molar-refractivity contribution in [2.24, 2.45) is 0 Å². The summed E-state index contributed by atoms with van der Waals surface area (Å²) in [5.41, 5.74) is 2.02. The molecule has 1 aromatic heterocycles. The summed E-state index contributed by atoms with van der Waals surface area (Å²) in [6.45, 7) is 0. The third kappa shape index (κ3) is 1.69. The molecule has 2 aromatic carbocycles. The lowest BCUT2D eigenvalue weighted by molar-refractivity contribution is 0.0928. The fourth-order valence-electron chi connectivity index (χ4n) is 1.65. The maximum atomic E-state index is 12.1. The van der Waals surface area contributed by atoms with Crippen LogP contribution in [0.3, 0.4) is 0 Å². The molecular formula is C13H9N3O. The fraction of sp³-hybridized carbons (Fsp3) is 0. The van der Waals surface area contributed by atoms with E-state index in [1.807, 2.05) is 42.5 Å². The Morgan fingerprint density at radius 1 is 0.824 bits per heavy atom. The number of rotatable bonds is 1. The quantitative estimate of drug-likeness (QED) is 0.634. The van der Waals surface area contributed by atoms with E-state index in [9.17, 15) is 4.79 Å². The van der Waals surface area contributed by atoms with Gasteiger partial charge in [0.25, 0.3) is 5.91 Å². The summed E-state index contributed by atoms with van der Waals surface area (Å²) in [7, 11) is 0. The molecule has 3 aromatic rings. The molecule has 17 heavy (non-hydrogen) atoms. The minimum Gasteiger partial charge on any atom is -0.265 e. The van der Waals surface area contributed by atoms with E-state index in [1.165, 1.54) is 0 Å². The first-order valence-electron chi connectivity index (χ1n) is 5.26. The van der Waals surface area contributed by atoms with E-state index < -0.39 is 0 Å². The van der Waals surface area contributed by atoms with E-state index in [1.54, 1.807) is 12.1 Å². The first-order chi connectivity index (χ1) is 8.34. The van der Waals surface area contributed by atoms with Crippen LogP contribution in [0, 0.1) is 0 Å². The zero-order chi connectivity index (χ0) is 11.7. The highest BCUT2D eigenvalue weighted by Crippen LogP contribution is 2.08. The van der Waals surface area contributed by atoms with Crippen LogP contribution >= 0.6 is 0 Å². The van der Waals surface area contributed by atoms with Crippen LogP contribution in [0.1, 0.15) is 10.4 Å². The molecule has 0 aliphatic heterocycles. The molecule has 4 nitrogen and oxygen atoms in total. The van der Waals surface area contributed by atoms with Gasteiger partial charge < -0.3 is 0 Å². The van der Waals surface area contributed by atoms with Crippen molar-refractivity contribution in [1.82, 2.24) is 15.0 Å². The lowest BCUT2D eigenvalue weighted by atomic mass is 10.2. The van der Waals surface area contributed by atoms with E-state index in [4.69, 9.17) is 0 Å². The van der Waals surface area contributed by atoms with Gasteiger partial charge in [-0.3, -0.25) is 4.79 Å². The van der Waals surface area contributed by atoms with E-state index >= 15 is 0 Å². The smallest absolute Gasteiger partial charge is 0.265 e. The van der Waals surface area contributed by atoms with Crippen LogP contribution in [0.2, 0.25) is 0 Å². The second kappa shape index (κ2) is 3.83. The molecule has 0 spiro atoms. The van der Waals surface area contributed by atoms with Crippen LogP contribution in [0.5, 0.6) is 0 Å². The Kier molecular flexibility index (Phi) is 2.19. The van der Waals surface area contributed by atoms with E-state index in [0.717, 1.165) is 15.8 Å². The molecule has 0 saturated carbocycles. The highest BCUT2D eigenvalue weighted by molar-refractivity contribution is 5.95. The van der Waals surface area contributed by atoms with E-state index in [2.05, 4.69) is 10.2 Å². The Balaban J connectivity index is 2.07. The summed E-state index contributed by atoms with van der Waals surface area (Å²) < 4.78 is 0. The molecule has 0 saturated heterocycles. The minimum atomic E-state index is -0.221. The highest BCUT2D eigenvalue weighted by atomic mass is 16.2. The van der Waals surface area contributed by atoms with Gasteiger partial charge in [0.05, 0.1) is 0 Å². The summed E-state index contributed by atoms with van der Waals surface area (Å²) in [4.78, 5) is 13.2. The van der Waals surface area contributed by atoms with Gasteiger partial charge in [-0.25, -0.2) is 0 Å². The predicted molar refractivity (Wildman–Crippen MR) is 63.7 cm³/mol. The summed E-state index contributed by atoms with van der Waals surface area (Å²) in [5, 5.41) is 8.29. The maximum absolute atomic E-state index is 12.1. The SMILES string of the molecule is O=C(c1ccccc1)n1nc2ccccc2n1. The number of hydrogen-bond acceptors (Lipinski definition) is 3. The molecule has 1 heterocycles. The fourth-order valence-corrected chi connectivity index (χ4v) is 1.65. The molecular weight excluding hydrogens is 214 g/mol. The van der Waals surface area contributed by atoms with Gasteiger partial charge in [-0.15, -0.1) is 15.0 Å². The van der Waals surface area contributed by atoms with Crippen LogP contribution in [0.25, 0.3) is 11.0 Å². The summed E-state index contributed by atoms with van der Waals surface area (Å²) in [5.74, 6) is -0.221. The Morgan fingerprint density at radius 3 is 1.94 bits per heavy atom. The van der Waals surface area contributed by atoms with Gasteiger partial charge >= 0.3 is 0 Å². The maximum Gasteiger partial charge on any atom is 0.295 e. The lowest BCUT2D eigenvalue weighted by Crippen LogP contribution is -2.14. The molecule has 82 valence electrons. The largest absolute Gasteiger partial charge is 0.295 e. The van der Waals surface area contributed by atoms with Crippen LogP contribution in [0.4, 0.5) is 0 Å². The molecule has 0 atom stereocenters. The molecule has 0 aliphatic carbocycles. The van der Waals surface area contributed by atoms with Crippen molar-refractivity contribution in [3.05, 3.63) is 60.2 Å². The first kappa shape index (κ1) is 9.72. The molecule has 0 fully saturated rings. The molecule has 0 bridgehead atoms. The second-order valence-corrected chi connectivity index (χ2v) is 3.65. The zero-order valence-corrected chi connectivity index (χ0v) is 8.95. The van der Waals surface area contributed by atoms with Gasteiger partial charge in [0, 0.05) is 5.56 Å². The Hall–Kier alpha value is -2.49. The van der Waals surface area contributed by atoms with Crippen molar-refractivity contribution in [3.8, 4) is 0 Å². The number of aromatic nitrogens is 3. The lowest BCUT2D eigenvalue weighted by Gasteiger charge is -1.97. The Morgan fingerprint density at radius 2 is 1.35 bits per heavy atom. The van der Waals surface area contributed by atoms with Gasteiger partial charge in [0.1, 0.15) is 11.0 Å². The van der Waals surface area contributed by atoms with Crippen molar-refractivity contribution >= 4 is 16.9 Å². The van der Waals surface area contributed by atoms with Gasteiger partial charge in [-0.1, -0.05) is 30.3 Å². The third-order valence-corrected chi connectivity index (χ3v) is 2.49. The van der Waals surface area contributed by atoms with Crippen molar-refractivity contribution < 1.29 is 4.79 Å². The first-order valence-corrected chi connectivity index (χ1v) is 5.26. The number of benzene rings is 2. The van der Waals surface area contributed by atoms with Crippen LogP contribution in [-0.2, 0) is 0 Å². The number of nitrogens with zero attached hydrogens (tertiary/aromatic N) is 3. The monoisotopic (exact) mass is 223 g/mol. The van der Waals surface area contributed by atoms with Crippen molar-refractivity contribution in [2.75, 3.05) is 0 Å². The molecule has 0 aliphatic rings. The van der Waals surface area contributed by atoms with Gasteiger partial charge in [-0.2, -0.15) is 0 Å². The molecule has 0 unspecified atom stereocenters. The van der Waals surface area contributed by atoms with Gasteiger partial charge in [0.15, 0.2) is 0 Å². The zero-order valence-electron chi connectivity index (χ0n) is 8.95. The third-order valence-electron chi connectivity index (χ3n) is 2.49. The van der Waals surface area contributed by atoms with Crippen LogP contribution < -0.4 is 0 Å². The average Bonchev–Trinajstić information content (AvgIpc) is 2.82. The summed E-state index contributed by atoms with van der Waals surface area (Å²) in [6, 6.07) is 16.4. The van der Waals surface area contributed by atoms with Gasteiger partial charge in [0.2, 0.25) is 0 Å². The number of carbonyl (C=O) groups excluding carboxylic acids is 1. The van der Waals surface area contributed by atoms with E-state index in [0.29, 0.717) is 5.56 Å². The van der Waals surface area contributed by atoms with Crippen LogP contribution in [-0.4, -0.2) is 20.9 Å². The Bertz CT molecular complexity index is 640. The van der Waals surface area contributed by atoms with Crippen molar-refractivity contribution in [3.63, 3.8) is 0 Å². The number of carbonyl (C=O) groups is 1. The van der Waals surface area contributed by atoms with E-state index in [-0.39, 0.29) is 5.91 Å². The topological polar surface area (TPSA) is 47.8 Å². The predicted octanol–water partition coefficient (Wildman–Crippen LogP) is 2.12. The molecule has 0 N–H and O–H groups in total. The molecule has 3 rings (SSSR count). The highest BCUT2D eigenvalue weighted by Gasteiger charge is 2.11. The summed E-state index contributed by atoms with van der Waals surface area (Å²) >= 11 is 0. The normalized spacial score (nSPS) is 10.6. The second-order valence-electron chi connectivity index (χ2n) is 3.65. The summed E-state index contributed by atoms with van der Waals surface area (Å²) in [6.07, 6.45) is 0.